The van der Waals surface area contributed by atoms with E-state index in [-0.39, 0.29) is 14.9 Å². The largest absolute Gasteiger partial charge is 0.741 e. The number of alkyl halides is 6. The van der Waals surface area contributed by atoms with Gasteiger partial charge in [-0.2, -0.15) is 35.5 Å². The Kier molecular flexibility index (Phi) is 18.8. The van der Waals surface area contributed by atoms with Crippen LogP contribution in [0.1, 0.15) is 57.2 Å². The van der Waals surface area contributed by atoms with Crippen molar-refractivity contribution in [1.29, 1.82) is 0 Å². The van der Waals surface area contributed by atoms with Crippen LogP contribution in [0, 0.1) is 0 Å². The molecule has 20 heteroatoms. The minimum atomic E-state index is -6.09. The zero-order valence-electron chi connectivity index (χ0n) is 34.7. The average molecular weight is 955 g/mol. The lowest BCUT2D eigenvalue weighted by Gasteiger charge is -2.16. The number of fused-ring (bicyclic) bond motifs is 3. The van der Waals surface area contributed by atoms with Gasteiger partial charge in [0, 0.05) is 104 Å². The summed E-state index contributed by atoms with van der Waals surface area (Å²) in [4.78, 5) is 2.43. The van der Waals surface area contributed by atoms with Gasteiger partial charge in [-0.05, 0) is 54.9 Å². The number of allylic oxidation sites excluding steroid dienone is 4. The van der Waals surface area contributed by atoms with Crippen LogP contribution in [0.15, 0.2) is 119 Å². The van der Waals surface area contributed by atoms with E-state index in [9.17, 15) is 26.3 Å². The molecule has 0 amide bonds. The summed E-state index contributed by atoms with van der Waals surface area (Å²) in [5, 5.41) is 9.99. The normalized spacial score (nSPS) is 19.0. The fourth-order valence-electron chi connectivity index (χ4n) is 7.86. The van der Waals surface area contributed by atoms with Crippen molar-refractivity contribution < 1.29 is 61.4 Å². The number of para-hydroxylation sites is 3. The lowest BCUT2D eigenvalue weighted by molar-refractivity contribution is -0.423. The van der Waals surface area contributed by atoms with Crippen LogP contribution in [0.3, 0.4) is 0 Å². The van der Waals surface area contributed by atoms with Gasteiger partial charge >= 0.3 is 11.0 Å². The van der Waals surface area contributed by atoms with Crippen molar-refractivity contribution >= 4 is 49.7 Å². The third-order valence-electron chi connectivity index (χ3n) is 10.7. The molecule has 3 aliphatic heterocycles. The molecule has 0 bridgehead atoms. The maximum absolute atomic E-state index is 10.7. The van der Waals surface area contributed by atoms with Gasteiger partial charge in [0.2, 0.25) is 11.4 Å². The van der Waals surface area contributed by atoms with Crippen LogP contribution in [0.25, 0.3) is 0 Å². The van der Waals surface area contributed by atoms with Crippen LogP contribution in [-0.4, -0.2) is 99.3 Å². The fourth-order valence-corrected chi connectivity index (χ4v) is 7.86. The van der Waals surface area contributed by atoms with Crippen LogP contribution in [0.2, 0.25) is 0 Å². The molecule has 0 radical (unpaired) electrons. The Hall–Kier alpha value is -5.44. The smallest absolute Gasteiger partial charge is 0.485 e. The predicted molar refractivity (Wildman–Crippen MR) is 240 cm³/mol. The van der Waals surface area contributed by atoms with Gasteiger partial charge in [0.15, 0.2) is 45.8 Å². The van der Waals surface area contributed by atoms with E-state index in [1.54, 1.807) is 0 Å². The molecule has 0 unspecified atom stereocenters. The number of anilines is 1. The third-order valence-corrected chi connectivity index (χ3v) is 11.8. The summed E-state index contributed by atoms with van der Waals surface area (Å²) in [5.41, 5.74) is 5.40. The van der Waals surface area contributed by atoms with Crippen molar-refractivity contribution in [3.05, 3.63) is 136 Å². The summed E-state index contributed by atoms with van der Waals surface area (Å²) >= 11 is 0. The average Bonchev–Trinajstić information content (AvgIpc) is 4.07. The van der Waals surface area contributed by atoms with Gasteiger partial charge in [0.25, 0.3) is 0 Å². The van der Waals surface area contributed by atoms with Gasteiger partial charge in [-0.25, -0.2) is 16.8 Å². The van der Waals surface area contributed by atoms with E-state index in [2.05, 4.69) is 135 Å². The summed E-state index contributed by atoms with van der Waals surface area (Å²) in [6.45, 7) is 3.25. The Morgan fingerprint density at radius 2 is 0.985 bits per heavy atom. The maximum Gasteiger partial charge on any atom is 0.485 e. The number of halogens is 6. The Morgan fingerprint density at radius 1 is 0.585 bits per heavy atom. The highest BCUT2D eigenvalue weighted by atomic mass is 32.2. The molecule has 65 heavy (non-hydrogen) atoms. The number of likely N-dealkylation sites (N-methyl/N-ethyl adjacent to an activating group) is 2. The molecular formula is C45H56F6N6O6S2. The zero-order chi connectivity index (χ0) is 46.2. The summed E-state index contributed by atoms with van der Waals surface area (Å²) in [6, 6.07) is 26.3. The van der Waals surface area contributed by atoms with Gasteiger partial charge in [0.1, 0.15) is 0 Å². The highest BCUT2D eigenvalue weighted by Crippen LogP contribution is 2.35. The first-order chi connectivity index (χ1) is 29.7. The summed E-state index contributed by atoms with van der Waals surface area (Å²) in [5.74, 6) is 0. The van der Waals surface area contributed by atoms with E-state index >= 15 is 0 Å². The molecule has 356 valence electrons. The molecule has 3 aromatic carbocycles. The van der Waals surface area contributed by atoms with E-state index in [0.717, 1.165) is 64.6 Å². The van der Waals surface area contributed by atoms with E-state index in [0.29, 0.717) is 0 Å². The van der Waals surface area contributed by atoms with E-state index < -0.39 is 31.3 Å². The summed E-state index contributed by atoms with van der Waals surface area (Å²) in [7, 11) is -6.16. The first-order valence-electron chi connectivity index (χ1n) is 19.8. The van der Waals surface area contributed by atoms with Crippen molar-refractivity contribution in [3.63, 3.8) is 0 Å². The van der Waals surface area contributed by atoms with Crippen LogP contribution in [0.5, 0.6) is 0 Å². The molecule has 3 N–H and O–H groups in total. The first-order valence-corrected chi connectivity index (χ1v) is 22.7. The van der Waals surface area contributed by atoms with Gasteiger partial charge in [0.05, 0.1) is 0 Å². The molecule has 0 aromatic heterocycles. The molecular weight excluding hydrogens is 899 g/mol. The van der Waals surface area contributed by atoms with Crippen LogP contribution in [-0.2, 0) is 39.5 Å². The predicted octanol–water partition coefficient (Wildman–Crippen LogP) is 7.87. The second kappa shape index (κ2) is 22.6. The molecule has 0 atom stereocenters. The van der Waals surface area contributed by atoms with E-state index in [1.165, 1.54) is 67.4 Å². The number of rotatable bonds is 6. The highest BCUT2D eigenvalue weighted by molar-refractivity contribution is 7.86. The molecule has 0 fully saturated rings. The number of hydrogen-bond donors (Lipinski definition) is 3. The van der Waals surface area contributed by atoms with Gasteiger partial charge in [-0.1, -0.05) is 69.5 Å². The Labute approximate surface area is 378 Å². The van der Waals surface area contributed by atoms with E-state index in [1.807, 2.05) is 14.1 Å². The summed E-state index contributed by atoms with van der Waals surface area (Å²) in [6.07, 6.45) is 17.0. The quantitative estimate of drug-likeness (QED) is 0.0961. The minimum Gasteiger partial charge on any atom is -0.741 e. The molecule has 8 rings (SSSR count). The van der Waals surface area contributed by atoms with Gasteiger partial charge in [-0.15, -0.1) is 0 Å². The molecule has 12 nitrogen and oxygen atoms in total. The molecule has 0 saturated carbocycles. The second-order valence-corrected chi connectivity index (χ2v) is 17.4. The molecule has 0 spiro atoms. The first kappa shape index (κ1) is 53.9. The summed E-state index contributed by atoms with van der Waals surface area (Å²) < 4.78 is 123. The van der Waals surface area contributed by atoms with Crippen molar-refractivity contribution in [2.45, 2.75) is 70.8 Å². The molecule has 2 aliphatic carbocycles. The monoisotopic (exact) mass is 954 g/mol. The standard InChI is InChI=1S/C24H25N3.C17H21N3.2CHF3O3S.2CH4/c1-25-24-20(16-26-14-12-18-6-2-4-8-22(18)26)10-11-21(24)17-27-15-13-19-7-3-5-9-23(19)27;1-18-11-14-7-8-15(17(14)19-2)12-20-10-9-13-5-3-4-6-16(13)20;2*2-1(3,4)8(5,6)7;;/h2-9,16-17H,10-15H2,1H3;3-6,11-12H,7-10H2,1-2H3,(H,18,19);2*(H,5,6,7);2*1H4/b20-16+;;;;;. The van der Waals surface area contributed by atoms with Gasteiger partial charge in [-0.3, -0.25) is 0 Å². The van der Waals surface area contributed by atoms with Crippen molar-refractivity contribution in [2.75, 3.05) is 45.7 Å². The van der Waals surface area contributed by atoms with E-state index in [4.69, 9.17) is 25.9 Å². The van der Waals surface area contributed by atoms with Gasteiger partial charge < -0.3 is 30.0 Å². The lowest BCUT2D eigenvalue weighted by atomic mass is 10.2. The highest BCUT2D eigenvalue weighted by Gasteiger charge is 2.37. The van der Waals surface area contributed by atoms with Crippen LogP contribution in [0.4, 0.5) is 43.4 Å². The number of nitrogens with zero attached hydrogens (tertiary/aromatic N) is 3. The Bertz CT molecular complexity index is 2540. The lowest BCUT2D eigenvalue weighted by Crippen LogP contribution is -2.21. The number of hydrogen-bond acceptors (Lipinski definition) is 10. The fraction of sp³-hybridized carbons (Fsp3) is 0.378. The maximum atomic E-state index is 10.7. The second-order valence-electron chi connectivity index (χ2n) is 14.7. The Balaban J connectivity index is 0.000000260. The zero-order valence-corrected chi connectivity index (χ0v) is 36.3. The molecule has 3 heterocycles. The number of nitrogens with one attached hydrogen (secondary N) is 3. The minimum absolute atomic E-state index is 0. The Morgan fingerprint density at radius 3 is 1.42 bits per heavy atom. The molecule has 0 saturated heterocycles. The number of benzene rings is 3. The topological polar surface area (TPSA) is 160 Å². The molecule has 3 aromatic rings. The SMILES string of the molecule is C.C.CNC1=C(C=[N+]2CCc3ccccc32)CC/C1=C\N1CCc2ccccc21.CNC=C1CCC(C=[N+]2CCc3ccccc32)=C1NC.O=S(=O)([O-])C(F)(F)F.O=S(=O)([O-])C(F)(F)F. The van der Waals surface area contributed by atoms with Crippen LogP contribution >= 0.6 is 0 Å². The van der Waals surface area contributed by atoms with Crippen LogP contribution < -0.4 is 20.9 Å². The van der Waals surface area contributed by atoms with Crippen molar-refractivity contribution in [2.24, 2.45) is 0 Å². The molecule has 5 aliphatic rings. The third kappa shape index (κ3) is 13.6. The van der Waals surface area contributed by atoms with Crippen molar-refractivity contribution in [3.8, 4) is 0 Å². The van der Waals surface area contributed by atoms with Crippen molar-refractivity contribution in [1.82, 2.24) is 16.0 Å².